The predicted octanol–water partition coefficient (Wildman–Crippen LogP) is 2.11. The van der Waals surface area contributed by atoms with Crippen molar-refractivity contribution in [2.24, 2.45) is 17.8 Å². The lowest BCUT2D eigenvalue weighted by Gasteiger charge is -2.34. The monoisotopic (exact) mass is 222 g/mol. The zero-order chi connectivity index (χ0) is 11.9. The number of carbonyl (C=O) groups is 2. The van der Waals surface area contributed by atoms with Crippen molar-refractivity contribution in [2.45, 2.75) is 38.7 Å². The number of esters is 1. The van der Waals surface area contributed by atoms with Crippen LogP contribution in [0.4, 0.5) is 0 Å². The molecule has 1 aliphatic heterocycles. The van der Waals surface area contributed by atoms with Crippen LogP contribution in [0.25, 0.3) is 0 Å². The fourth-order valence-corrected chi connectivity index (χ4v) is 3.26. The zero-order valence-corrected chi connectivity index (χ0v) is 9.86. The standard InChI is InChI=1S/C13H18O3/c1-8(2)11-5-4-9(3)13(11)6-10(7-14)12(15)16-13/h7,9-11H,1,4-6H2,2-3H3/t9-,10?,11-,13+/m1/s1. The van der Waals surface area contributed by atoms with Gasteiger partial charge in [0, 0.05) is 12.3 Å². The highest BCUT2D eigenvalue weighted by Gasteiger charge is 2.57. The molecule has 0 aromatic rings. The van der Waals surface area contributed by atoms with Gasteiger partial charge in [-0.15, -0.1) is 0 Å². The molecule has 1 aliphatic carbocycles. The van der Waals surface area contributed by atoms with Crippen LogP contribution in [0.15, 0.2) is 12.2 Å². The first kappa shape index (κ1) is 11.4. The van der Waals surface area contributed by atoms with Gasteiger partial charge >= 0.3 is 5.97 Å². The average Bonchev–Trinajstić information content (AvgIpc) is 2.70. The first-order chi connectivity index (χ1) is 7.51. The molecular formula is C13H18O3. The fraction of sp³-hybridized carbons (Fsp3) is 0.692. The Morgan fingerprint density at radius 1 is 1.56 bits per heavy atom. The minimum atomic E-state index is -0.567. The van der Waals surface area contributed by atoms with E-state index in [1.54, 1.807) is 0 Å². The van der Waals surface area contributed by atoms with Crippen LogP contribution in [0.5, 0.6) is 0 Å². The molecule has 0 amide bonds. The molecule has 0 N–H and O–H groups in total. The number of ether oxygens (including phenoxy) is 1. The number of hydrogen-bond acceptors (Lipinski definition) is 3. The minimum Gasteiger partial charge on any atom is -0.458 e. The van der Waals surface area contributed by atoms with E-state index in [1.165, 1.54) is 0 Å². The number of carbonyl (C=O) groups excluding carboxylic acids is 2. The summed E-state index contributed by atoms with van der Waals surface area (Å²) in [5.41, 5.74) is 0.609. The molecule has 1 unspecified atom stereocenters. The van der Waals surface area contributed by atoms with E-state index in [9.17, 15) is 9.59 Å². The second-order valence-electron chi connectivity index (χ2n) is 5.20. The maximum absolute atomic E-state index is 11.6. The lowest BCUT2D eigenvalue weighted by molar-refractivity contribution is -0.155. The molecule has 3 nitrogen and oxygen atoms in total. The molecule has 4 atom stereocenters. The van der Waals surface area contributed by atoms with Crippen molar-refractivity contribution in [3.05, 3.63) is 12.2 Å². The van der Waals surface area contributed by atoms with Gasteiger partial charge in [-0.3, -0.25) is 4.79 Å². The van der Waals surface area contributed by atoms with Crippen molar-refractivity contribution in [3.63, 3.8) is 0 Å². The Bertz CT molecular complexity index is 347. The Hall–Kier alpha value is -1.12. The summed E-state index contributed by atoms with van der Waals surface area (Å²) in [4.78, 5) is 22.4. The maximum Gasteiger partial charge on any atom is 0.316 e. The highest BCUT2D eigenvalue weighted by atomic mass is 16.6. The molecule has 0 bridgehead atoms. The van der Waals surface area contributed by atoms with Crippen LogP contribution in [0.1, 0.15) is 33.1 Å². The summed E-state index contributed by atoms with van der Waals surface area (Å²) in [6.45, 7) is 8.07. The summed E-state index contributed by atoms with van der Waals surface area (Å²) in [7, 11) is 0. The van der Waals surface area contributed by atoms with E-state index in [1.807, 2.05) is 6.92 Å². The van der Waals surface area contributed by atoms with Crippen LogP contribution >= 0.6 is 0 Å². The van der Waals surface area contributed by atoms with Gasteiger partial charge in [0.05, 0.1) is 0 Å². The van der Waals surface area contributed by atoms with Gasteiger partial charge in [0.15, 0.2) is 0 Å². The van der Waals surface area contributed by atoms with Crippen LogP contribution in [0.2, 0.25) is 0 Å². The van der Waals surface area contributed by atoms with Crippen molar-refractivity contribution in [1.29, 1.82) is 0 Å². The van der Waals surface area contributed by atoms with Crippen molar-refractivity contribution < 1.29 is 14.3 Å². The third-order valence-electron chi connectivity index (χ3n) is 4.20. The van der Waals surface area contributed by atoms with E-state index in [-0.39, 0.29) is 11.9 Å². The SMILES string of the molecule is C=C(C)[C@H]1CC[C@@H](C)[C@@]12CC(C=O)C(=O)O2. The van der Waals surface area contributed by atoms with Crippen molar-refractivity contribution >= 4 is 12.3 Å². The van der Waals surface area contributed by atoms with Gasteiger partial charge < -0.3 is 9.53 Å². The van der Waals surface area contributed by atoms with E-state index in [4.69, 9.17) is 4.74 Å². The van der Waals surface area contributed by atoms with E-state index in [0.717, 1.165) is 24.7 Å². The highest BCUT2D eigenvalue weighted by molar-refractivity contribution is 5.90. The fourth-order valence-electron chi connectivity index (χ4n) is 3.26. The topological polar surface area (TPSA) is 43.4 Å². The minimum absolute atomic E-state index is 0.219. The zero-order valence-electron chi connectivity index (χ0n) is 9.86. The smallest absolute Gasteiger partial charge is 0.316 e. The van der Waals surface area contributed by atoms with E-state index < -0.39 is 11.5 Å². The molecule has 1 saturated carbocycles. The second kappa shape index (κ2) is 3.72. The van der Waals surface area contributed by atoms with Crippen molar-refractivity contribution in [3.8, 4) is 0 Å². The number of hydrogen-bond donors (Lipinski definition) is 0. The molecule has 88 valence electrons. The first-order valence-corrected chi connectivity index (χ1v) is 5.85. The molecule has 3 heteroatoms. The molecule has 1 spiro atoms. The quantitative estimate of drug-likeness (QED) is 0.311. The molecule has 1 saturated heterocycles. The van der Waals surface area contributed by atoms with E-state index in [2.05, 4.69) is 13.5 Å². The van der Waals surface area contributed by atoms with E-state index >= 15 is 0 Å². The molecule has 0 radical (unpaired) electrons. The van der Waals surface area contributed by atoms with Crippen LogP contribution < -0.4 is 0 Å². The van der Waals surface area contributed by atoms with Crippen molar-refractivity contribution in [2.75, 3.05) is 0 Å². The third kappa shape index (κ3) is 1.41. The Morgan fingerprint density at radius 3 is 2.75 bits per heavy atom. The Kier molecular flexibility index (Phi) is 2.64. The normalized spacial score (nSPS) is 42.4. The largest absolute Gasteiger partial charge is 0.458 e. The van der Waals surface area contributed by atoms with Gasteiger partial charge in [-0.25, -0.2) is 0 Å². The number of aldehydes is 1. The van der Waals surface area contributed by atoms with Gasteiger partial charge in [0.25, 0.3) is 0 Å². The molecule has 16 heavy (non-hydrogen) atoms. The van der Waals surface area contributed by atoms with Crippen LogP contribution in [-0.4, -0.2) is 17.9 Å². The predicted molar refractivity (Wildman–Crippen MR) is 59.7 cm³/mol. The first-order valence-electron chi connectivity index (χ1n) is 5.85. The van der Waals surface area contributed by atoms with Crippen LogP contribution in [-0.2, 0) is 14.3 Å². The average molecular weight is 222 g/mol. The maximum atomic E-state index is 11.6. The van der Waals surface area contributed by atoms with Crippen molar-refractivity contribution in [1.82, 2.24) is 0 Å². The highest BCUT2D eigenvalue weighted by Crippen LogP contribution is 2.52. The molecule has 2 rings (SSSR count). The molecule has 2 fully saturated rings. The molecular weight excluding hydrogens is 204 g/mol. The third-order valence-corrected chi connectivity index (χ3v) is 4.20. The Labute approximate surface area is 95.9 Å². The molecule has 2 aliphatic rings. The van der Waals surface area contributed by atoms with Crippen LogP contribution in [0, 0.1) is 17.8 Å². The van der Waals surface area contributed by atoms with Gasteiger partial charge in [-0.1, -0.05) is 19.1 Å². The summed E-state index contributed by atoms with van der Waals surface area (Å²) in [6.07, 6.45) is 3.30. The van der Waals surface area contributed by atoms with Gasteiger partial charge in [0.1, 0.15) is 17.8 Å². The lowest BCUT2D eigenvalue weighted by atomic mass is 9.78. The second-order valence-corrected chi connectivity index (χ2v) is 5.20. The number of rotatable bonds is 2. The van der Waals surface area contributed by atoms with Gasteiger partial charge in [0.2, 0.25) is 0 Å². The van der Waals surface area contributed by atoms with E-state index in [0.29, 0.717) is 12.3 Å². The summed E-state index contributed by atoms with van der Waals surface area (Å²) in [6, 6.07) is 0. The Morgan fingerprint density at radius 2 is 2.25 bits per heavy atom. The lowest BCUT2D eigenvalue weighted by Crippen LogP contribution is -2.39. The summed E-state index contributed by atoms with van der Waals surface area (Å²) in [5, 5.41) is 0. The molecule has 1 heterocycles. The summed E-state index contributed by atoms with van der Waals surface area (Å²) >= 11 is 0. The Balaban J connectivity index is 2.32. The summed E-state index contributed by atoms with van der Waals surface area (Å²) < 4.78 is 5.57. The molecule has 0 aromatic carbocycles. The van der Waals surface area contributed by atoms with Crippen LogP contribution in [0.3, 0.4) is 0 Å². The molecule has 0 aromatic heterocycles. The van der Waals surface area contributed by atoms with Gasteiger partial charge in [-0.05, 0) is 25.7 Å². The van der Waals surface area contributed by atoms with Gasteiger partial charge in [-0.2, -0.15) is 0 Å². The summed E-state index contributed by atoms with van der Waals surface area (Å²) in [5.74, 6) is -0.378.